The number of benzene rings is 2. The Morgan fingerprint density at radius 3 is 2.75 bits per heavy atom. The fourth-order valence-corrected chi connectivity index (χ4v) is 2.96. The SMILES string of the molecule is COc1cccc(C(=O)Nc2ccc(N3CCCC3=O)c(Cl)c2)c1. The van der Waals surface area contributed by atoms with Gasteiger partial charge in [0.05, 0.1) is 17.8 Å². The fourth-order valence-electron chi connectivity index (χ4n) is 2.67. The van der Waals surface area contributed by atoms with Crippen LogP contribution < -0.4 is 15.0 Å². The first-order valence-electron chi connectivity index (χ1n) is 7.64. The zero-order valence-electron chi connectivity index (χ0n) is 13.2. The summed E-state index contributed by atoms with van der Waals surface area (Å²) >= 11 is 6.29. The van der Waals surface area contributed by atoms with Crippen LogP contribution in [0.2, 0.25) is 5.02 Å². The molecule has 0 unspecified atom stereocenters. The summed E-state index contributed by atoms with van der Waals surface area (Å²) in [5.74, 6) is 0.434. The molecule has 3 rings (SSSR count). The van der Waals surface area contributed by atoms with Crippen molar-refractivity contribution in [3.8, 4) is 5.75 Å². The zero-order valence-corrected chi connectivity index (χ0v) is 14.0. The molecule has 2 amide bonds. The molecular formula is C18H17ClN2O3. The van der Waals surface area contributed by atoms with Gasteiger partial charge in [0, 0.05) is 24.2 Å². The third-order valence-corrected chi connectivity index (χ3v) is 4.20. The molecule has 0 saturated carbocycles. The van der Waals surface area contributed by atoms with Gasteiger partial charge in [-0.1, -0.05) is 17.7 Å². The maximum atomic E-state index is 12.3. The van der Waals surface area contributed by atoms with Crippen LogP contribution in [-0.2, 0) is 4.79 Å². The van der Waals surface area contributed by atoms with Crippen LogP contribution in [0.3, 0.4) is 0 Å². The second-order valence-electron chi connectivity index (χ2n) is 5.50. The van der Waals surface area contributed by atoms with Crippen LogP contribution in [0.15, 0.2) is 42.5 Å². The molecule has 2 aromatic carbocycles. The molecule has 0 aromatic heterocycles. The maximum absolute atomic E-state index is 12.3. The third kappa shape index (κ3) is 3.36. The molecule has 1 N–H and O–H groups in total. The molecule has 0 bridgehead atoms. The van der Waals surface area contributed by atoms with E-state index in [4.69, 9.17) is 16.3 Å². The monoisotopic (exact) mass is 344 g/mol. The highest BCUT2D eigenvalue weighted by Gasteiger charge is 2.23. The number of rotatable bonds is 4. The quantitative estimate of drug-likeness (QED) is 0.919. The van der Waals surface area contributed by atoms with E-state index < -0.39 is 0 Å². The number of carbonyl (C=O) groups is 2. The summed E-state index contributed by atoms with van der Waals surface area (Å²) in [6.07, 6.45) is 1.38. The van der Waals surface area contributed by atoms with Gasteiger partial charge in [-0.2, -0.15) is 0 Å². The number of halogens is 1. The summed E-state index contributed by atoms with van der Waals surface area (Å²) in [6, 6.07) is 12.0. The number of hydrogen-bond donors (Lipinski definition) is 1. The summed E-state index contributed by atoms with van der Waals surface area (Å²) in [5, 5.41) is 3.24. The largest absolute Gasteiger partial charge is 0.497 e. The van der Waals surface area contributed by atoms with Crippen molar-refractivity contribution in [2.75, 3.05) is 23.9 Å². The number of methoxy groups -OCH3 is 1. The Morgan fingerprint density at radius 1 is 1.25 bits per heavy atom. The minimum absolute atomic E-state index is 0.0741. The first-order valence-corrected chi connectivity index (χ1v) is 8.01. The van der Waals surface area contributed by atoms with Gasteiger partial charge in [0.25, 0.3) is 5.91 Å². The number of nitrogens with one attached hydrogen (secondary N) is 1. The molecule has 1 heterocycles. The van der Waals surface area contributed by atoms with Crippen molar-refractivity contribution in [3.05, 3.63) is 53.1 Å². The van der Waals surface area contributed by atoms with Gasteiger partial charge in [0.1, 0.15) is 5.75 Å². The van der Waals surface area contributed by atoms with Crippen molar-refractivity contribution < 1.29 is 14.3 Å². The van der Waals surface area contributed by atoms with E-state index in [2.05, 4.69) is 5.32 Å². The number of ether oxygens (including phenoxy) is 1. The van der Waals surface area contributed by atoms with E-state index in [1.165, 1.54) is 0 Å². The molecule has 0 spiro atoms. The molecule has 1 aliphatic rings. The molecule has 0 radical (unpaired) electrons. The van der Waals surface area contributed by atoms with Crippen LogP contribution in [-0.4, -0.2) is 25.5 Å². The normalized spacial score (nSPS) is 13.9. The molecule has 6 heteroatoms. The summed E-state index contributed by atoms with van der Waals surface area (Å²) in [4.78, 5) is 25.8. The van der Waals surface area contributed by atoms with E-state index in [-0.39, 0.29) is 11.8 Å². The fraction of sp³-hybridized carbons (Fsp3) is 0.222. The Bertz CT molecular complexity index is 792. The van der Waals surface area contributed by atoms with Crippen LogP contribution in [0.4, 0.5) is 11.4 Å². The number of amides is 2. The summed E-state index contributed by atoms with van der Waals surface area (Å²) < 4.78 is 5.12. The number of anilines is 2. The van der Waals surface area contributed by atoms with Crippen LogP contribution >= 0.6 is 11.6 Å². The van der Waals surface area contributed by atoms with Crippen LogP contribution in [0.5, 0.6) is 5.75 Å². The molecule has 1 aliphatic heterocycles. The molecule has 0 atom stereocenters. The van der Waals surface area contributed by atoms with Gasteiger partial charge >= 0.3 is 0 Å². The Hall–Kier alpha value is -2.53. The van der Waals surface area contributed by atoms with Gasteiger partial charge in [0.2, 0.25) is 5.91 Å². The first-order chi connectivity index (χ1) is 11.6. The van der Waals surface area contributed by atoms with E-state index in [0.29, 0.717) is 40.7 Å². The second-order valence-corrected chi connectivity index (χ2v) is 5.91. The topological polar surface area (TPSA) is 58.6 Å². The number of nitrogens with zero attached hydrogens (tertiary/aromatic N) is 1. The van der Waals surface area contributed by atoms with Crippen molar-refractivity contribution in [1.82, 2.24) is 0 Å². The first kappa shape index (κ1) is 16.3. The van der Waals surface area contributed by atoms with Gasteiger partial charge in [-0.05, 0) is 42.8 Å². The van der Waals surface area contributed by atoms with Crippen molar-refractivity contribution in [3.63, 3.8) is 0 Å². The van der Waals surface area contributed by atoms with Gasteiger partial charge in [-0.3, -0.25) is 9.59 Å². The predicted octanol–water partition coefficient (Wildman–Crippen LogP) is 3.73. The van der Waals surface area contributed by atoms with E-state index in [1.807, 2.05) is 0 Å². The van der Waals surface area contributed by atoms with Crippen LogP contribution in [0.1, 0.15) is 23.2 Å². The van der Waals surface area contributed by atoms with E-state index in [0.717, 1.165) is 6.42 Å². The second kappa shape index (κ2) is 6.93. The highest BCUT2D eigenvalue weighted by atomic mass is 35.5. The standard InChI is InChI=1S/C18H17ClN2O3/c1-24-14-5-2-4-12(10-14)18(23)20-13-7-8-16(15(19)11-13)21-9-3-6-17(21)22/h2,4-5,7-8,10-11H,3,6,9H2,1H3,(H,20,23). The molecule has 1 fully saturated rings. The minimum atomic E-state index is -0.255. The zero-order chi connectivity index (χ0) is 17.1. The Labute approximate surface area is 145 Å². The minimum Gasteiger partial charge on any atom is -0.497 e. The highest BCUT2D eigenvalue weighted by Crippen LogP contribution is 2.31. The van der Waals surface area contributed by atoms with E-state index in [1.54, 1.807) is 54.5 Å². The lowest BCUT2D eigenvalue weighted by molar-refractivity contribution is -0.117. The predicted molar refractivity (Wildman–Crippen MR) is 94.0 cm³/mol. The molecule has 5 nitrogen and oxygen atoms in total. The molecule has 0 aliphatic carbocycles. The van der Waals surface area contributed by atoms with Crippen molar-refractivity contribution in [1.29, 1.82) is 0 Å². The average molecular weight is 345 g/mol. The molecule has 124 valence electrons. The van der Waals surface area contributed by atoms with Crippen molar-refractivity contribution >= 4 is 34.8 Å². The van der Waals surface area contributed by atoms with Gasteiger partial charge in [-0.25, -0.2) is 0 Å². The Kier molecular flexibility index (Phi) is 4.71. The lowest BCUT2D eigenvalue weighted by Crippen LogP contribution is -2.24. The van der Waals surface area contributed by atoms with Gasteiger partial charge < -0.3 is 15.0 Å². The molecular weight excluding hydrogens is 328 g/mol. The van der Waals surface area contributed by atoms with Crippen molar-refractivity contribution in [2.45, 2.75) is 12.8 Å². The smallest absolute Gasteiger partial charge is 0.255 e. The lowest BCUT2D eigenvalue weighted by atomic mass is 10.2. The number of carbonyl (C=O) groups excluding carboxylic acids is 2. The van der Waals surface area contributed by atoms with Gasteiger partial charge in [0.15, 0.2) is 0 Å². The van der Waals surface area contributed by atoms with Crippen LogP contribution in [0.25, 0.3) is 0 Å². The summed E-state index contributed by atoms with van der Waals surface area (Å²) in [7, 11) is 1.55. The maximum Gasteiger partial charge on any atom is 0.255 e. The summed E-state index contributed by atoms with van der Waals surface area (Å²) in [5.41, 5.74) is 1.74. The third-order valence-electron chi connectivity index (χ3n) is 3.90. The molecule has 2 aromatic rings. The van der Waals surface area contributed by atoms with Gasteiger partial charge in [-0.15, -0.1) is 0 Å². The van der Waals surface area contributed by atoms with Crippen molar-refractivity contribution in [2.24, 2.45) is 0 Å². The van der Waals surface area contributed by atoms with E-state index in [9.17, 15) is 9.59 Å². The average Bonchev–Trinajstić information content (AvgIpc) is 3.01. The summed E-state index contributed by atoms with van der Waals surface area (Å²) in [6.45, 7) is 0.675. The molecule has 24 heavy (non-hydrogen) atoms. The highest BCUT2D eigenvalue weighted by molar-refractivity contribution is 6.34. The lowest BCUT2D eigenvalue weighted by Gasteiger charge is -2.18. The number of hydrogen-bond acceptors (Lipinski definition) is 3. The Balaban J connectivity index is 1.77. The van der Waals surface area contributed by atoms with Crippen LogP contribution in [0, 0.1) is 0 Å². The van der Waals surface area contributed by atoms with E-state index >= 15 is 0 Å². The molecule has 1 saturated heterocycles. The Morgan fingerprint density at radius 2 is 2.08 bits per heavy atom.